The SMILES string of the molecule is [C-]#[N+]c1c(-c2ccnc(NC(=O)C3CC3)c2)sc(-c2ncc[nH]2)c1-c1ccc(Cl)cc1Cl.[C-]#[N+]c1c(-c2ccnc(NC(=O)C3CC3)c2)sc(C2=NCCC2)c1-c1ccc(Cl)cc1Cl.[C-]#[N+]c1c(-c2ccnc(NC(=O)C3CC3)c2)sc(C2=NCCN2)c1-c1ccc(Cl)cc1Cl. The van der Waals surface area contributed by atoms with Gasteiger partial charge in [0.15, 0.2) is 0 Å². The molecule has 0 spiro atoms. The van der Waals surface area contributed by atoms with E-state index >= 15 is 0 Å². The average Bonchev–Trinajstić information content (AvgIpc) is 1.63. The first kappa shape index (κ1) is 65.8. The lowest BCUT2D eigenvalue weighted by atomic mass is 10.00. The first-order valence-electron chi connectivity index (χ1n) is 30.3. The van der Waals surface area contributed by atoms with Crippen molar-refractivity contribution in [2.24, 2.45) is 27.7 Å². The number of pyridine rings is 3. The molecule has 3 aliphatic carbocycles. The van der Waals surface area contributed by atoms with Gasteiger partial charge in [0.2, 0.25) is 34.8 Å². The number of thiophene rings is 3. The third-order valence-corrected chi connectivity index (χ3v) is 21.4. The van der Waals surface area contributed by atoms with Crippen LogP contribution in [-0.4, -0.2) is 73.8 Å². The van der Waals surface area contributed by atoms with Crippen LogP contribution in [0.5, 0.6) is 0 Å². The second-order valence-corrected chi connectivity index (χ2v) is 28.4. The van der Waals surface area contributed by atoms with Gasteiger partial charge in [0, 0.05) is 128 Å². The first-order valence-corrected chi connectivity index (χ1v) is 35.0. The van der Waals surface area contributed by atoms with Crippen molar-refractivity contribution in [2.45, 2.75) is 51.4 Å². The number of amidine groups is 1. The number of aliphatic imine (C=N–C) groups is 2. The molecule has 0 radical (unpaired) electrons. The van der Waals surface area contributed by atoms with Crippen molar-refractivity contribution in [3.8, 4) is 75.4 Å². The van der Waals surface area contributed by atoms with E-state index < -0.39 is 0 Å². The highest BCUT2D eigenvalue weighted by Crippen LogP contribution is 2.55. The first-order chi connectivity index (χ1) is 46.6. The number of hydrogen-bond acceptors (Lipinski definition) is 13. The number of aromatic amines is 1. The minimum absolute atomic E-state index is 0.000803. The Kier molecular flexibility index (Phi) is 19.8. The molecule has 3 saturated carbocycles. The number of carbonyl (C=O) groups excluding carboxylic acids is 3. The number of hydrogen-bond donors (Lipinski definition) is 5. The number of benzene rings is 3. The molecule has 3 fully saturated rings. The molecule has 9 heterocycles. The molecule has 478 valence electrons. The van der Waals surface area contributed by atoms with Gasteiger partial charge in [0.25, 0.3) is 0 Å². The molecule has 2 aliphatic heterocycles. The fourth-order valence-corrected chi connectivity index (χ4v) is 16.1. The van der Waals surface area contributed by atoms with E-state index in [2.05, 4.69) is 65.7 Å². The summed E-state index contributed by atoms with van der Waals surface area (Å²) in [5.41, 5.74) is 9.30. The summed E-state index contributed by atoms with van der Waals surface area (Å²) in [6.45, 7) is 26.1. The molecule has 3 aromatic carbocycles. The molecular formula is C70H50Cl6N14O3S3. The summed E-state index contributed by atoms with van der Waals surface area (Å²) in [6.07, 6.45) is 15.7. The van der Waals surface area contributed by atoms with Crippen molar-refractivity contribution < 1.29 is 14.4 Å². The summed E-state index contributed by atoms with van der Waals surface area (Å²) in [5, 5.41) is 15.0. The Hall–Kier alpha value is -8.82. The number of amides is 3. The Morgan fingerprint density at radius 1 is 0.469 bits per heavy atom. The van der Waals surface area contributed by atoms with E-state index in [0.717, 1.165) is 144 Å². The van der Waals surface area contributed by atoms with Crippen molar-refractivity contribution >= 4 is 167 Å². The van der Waals surface area contributed by atoms with Gasteiger partial charge in [-0.15, -0.1) is 34.0 Å². The second-order valence-electron chi connectivity index (χ2n) is 22.8. The van der Waals surface area contributed by atoms with Crippen molar-refractivity contribution in [3.63, 3.8) is 0 Å². The predicted molar refractivity (Wildman–Crippen MR) is 389 cm³/mol. The quantitative estimate of drug-likeness (QED) is 0.0623. The van der Waals surface area contributed by atoms with Crippen LogP contribution < -0.4 is 21.3 Å². The summed E-state index contributed by atoms with van der Waals surface area (Å²) < 4.78 is 0. The van der Waals surface area contributed by atoms with Crippen LogP contribution in [-0.2, 0) is 14.4 Å². The number of H-pyrrole nitrogens is 1. The van der Waals surface area contributed by atoms with Gasteiger partial charge in [0.05, 0.1) is 41.7 Å². The molecule has 7 aromatic heterocycles. The van der Waals surface area contributed by atoms with Gasteiger partial charge < -0.3 is 26.3 Å². The molecule has 96 heavy (non-hydrogen) atoms. The van der Waals surface area contributed by atoms with Gasteiger partial charge in [-0.05, 0) is 158 Å². The van der Waals surface area contributed by atoms with Crippen LogP contribution in [0.3, 0.4) is 0 Å². The normalized spacial score (nSPS) is 14.5. The minimum Gasteiger partial charge on any atom is -0.367 e. The number of nitrogens with zero attached hydrogens (tertiary/aromatic N) is 9. The van der Waals surface area contributed by atoms with Gasteiger partial charge in [-0.2, -0.15) is 0 Å². The Morgan fingerprint density at radius 2 is 0.875 bits per heavy atom. The lowest BCUT2D eigenvalue weighted by molar-refractivity contribution is -0.118. The van der Waals surface area contributed by atoms with Gasteiger partial charge in [0.1, 0.15) is 29.1 Å². The number of anilines is 3. The molecule has 5 N–H and O–H groups in total. The Morgan fingerprint density at radius 3 is 1.23 bits per heavy atom. The fraction of sp³-hybridized carbons (Fsp3) is 0.200. The highest BCUT2D eigenvalue weighted by atomic mass is 35.5. The largest absolute Gasteiger partial charge is 0.367 e. The summed E-state index contributed by atoms with van der Waals surface area (Å²) in [5.74, 6) is 3.06. The molecular weight excluding hydrogens is 1390 g/mol. The van der Waals surface area contributed by atoms with Gasteiger partial charge in [-0.25, -0.2) is 34.5 Å². The van der Waals surface area contributed by atoms with Crippen LogP contribution >= 0.6 is 104 Å². The van der Waals surface area contributed by atoms with Crippen LogP contribution in [0.25, 0.3) is 89.9 Å². The third-order valence-electron chi connectivity index (χ3n) is 16.0. The fourth-order valence-electron chi connectivity index (χ4n) is 10.8. The van der Waals surface area contributed by atoms with Crippen LogP contribution in [0, 0.1) is 37.5 Å². The number of nitrogens with one attached hydrogen (secondary N) is 5. The lowest BCUT2D eigenvalue weighted by Gasteiger charge is -2.09. The molecule has 5 aliphatic rings. The van der Waals surface area contributed by atoms with Crippen molar-refractivity contribution in [1.82, 2.24) is 30.2 Å². The molecule has 26 heteroatoms. The average molecular weight is 1440 g/mol. The summed E-state index contributed by atoms with van der Waals surface area (Å²) in [7, 11) is 0. The van der Waals surface area contributed by atoms with Crippen molar-refractivity contribution in [3.05, 3.63) is 196 Å². The molecule has 10 aromatic rings. The Balaban J connectivity index is 0.000000130. The zero-order valence-corrected chi connectivity index (χ0v) is 57.3. The van der Waals surface area contributed by atoms with Crippen molar-refractivity contribution in [1.29, 1.82) is 0 Å². The zero-order valence-electron chi connectivity index (χ0n) is 50.3. The molecule has 3 amide bonds. The molecule has 0 atom stereocenters. The maximum Gasteiger partial charge on any atom is 0.228 e. The molecule has 0 bridgehead atoms. The van der Waals surface area contributed by atoms with Crippen molar-refractivity contribution in [2.75, 3.05) is 35.6 Å². The Bertz CT molecular complexity index is 4750. The number of carbonyl (C=O) groups is 3. The number of rotatable bonds is 15. The highest BCUT2D eigenvalue weighted by Gasteiger charge is 2.34. The number of aromatic nitrogens is 5. The van der Waals surface area contributed by atoms with Gasteiger partial charge in [-0.3, -0.25) is 24.4 Å². The highest BCUT2D eigenvalue weighted by molar-refractivity contribution is 7.20. The third kappa shape index (κ3) is 14.5. The molecule has 15 rings (SSSR count). The van der Waals surface area contributed by atoms with Crippen LogP contribution in [0.2, 0.25) is 30.1 Å². The number of halogens is 6. The molecule has 0 unspecified atom stereocenters. The summed E-state index contributed by atoms with van der Waals surface area (Å²) in [4.78, 5) is 82.8. The van der Waals surface area contributed by atoms with E-state index in [-0.39, 0.29) is 35.5 Å². The van der Waals surface area contributed by atoms with E-state index in [0.29, 0.717) is 88.1 Å². The summed E-state index contributed by atoms with van der Waals surface area (Å²) >= 11 is 42.4. The maximum absolute atomic E-state index is 12.2. The minimum atomic E-state index is -0.0175. The smallest absolute Gasteiger partial charge is 0.228 e. The van der Waals surface area contributed by atoms with E-state index in [1.54, 1.807) is 73.4 Å². The zero-order chi connectivity index (χ0) is 66.7. The van der Waals surface area contributed by atoms with E-state index in [1.165, 1.54) is 34.0 Å². The standard InChI is InChI=1S/C24H18Cl2N4OS.C23H17Cl2N5OS.C23H15Cl2N5OS/c1-27-21-20(16-7-6-15(25)12-17(16)26)23(18-3-2-9-28-18)32-22(21)14-8-10-29-19(11-14)30-24(31)13-4-5-13;2*1-26-19-18(15-5-4-14(24)11-16(15)25)21(22-28-8-9-29-22)32-20(19)13-6-7-27-17(10-13)30-23(31)12-2-3-12/h6-8,10-13H,2-5,9H2,(H,29,30,31);4-7,10-12H,2-3,8-9H2,(H,28,29)(H,27,30,31);4-12H,2-3H2,(H,28,29)(H,27,30,31). The molecule has 17 nitrogen and oxygen atoms in total. The van der Waals surface area contributed by atoms with E-state index in [9.17, 15) is 14.4 Å². The van der Waals surface area contributed by atoms with Crippen LogP contribution in [0.15, 0.2) is 132 Å². The van der Waals surface area contributed by atoms with Crippen LogP contribution in [0.4, 0.5) is 34.5 Å². The lowest BCUT2D eigenvalue weighted by Crippen LogP contribution is -2.18. The predicted octanol–water partition coefficient (Wildman–Crippen LogP) is 20.4. The van der Waals surface area contributed by atoms with Gasteiger partial charge >= 0.3 is 0 Å². The number of imidazole rings is 1. The summed E-state index contributed by atoms with van der Waals surface area (Å²) in [6, 6.07) is 26.8. The van der Waals surface area contributed by atoms with E-state index in [4.69, 9.17) is 94.3 Å². The Labute approximate surface area is 593 Å². The molecule has 0 saturated heterocycles. The van der Waals surface area contributed by atoms with E-state index in [1.807, 2.05) is 48.5 Å². The monoisotopic (exact) mass is 1440 g/mol. The topological polar surface area (TPSA) is 204 Å². The van der Waals surface area contributed by atoms with Gasteiger partial charge in [-0.1, -0.05) is 87.8 Å². The van der Waals surface area contributed by atoms with Crippen LogP contribution in [0.1, 0.15) is 61.1 Å². The maximum atomic E-state index is 12.2. The second kappa shape index (κ2) is 28.9.